The second-order valence-corrected chi connectivity index (χ2v) is 7.24. The van der Waals surface area contributed by atoms with Gasteiger partial charge >= 0.3 is 5.97 Å². The number of carbonyl (C=O) groups is 2. The highest BCUT2D eigenvalue weighted by Crippen LogP contribution is 2.28. The molecule has 0 spiro atoms. The van der Waals surface area contributed by atoms with E-state index in [4.69, 9.17) is 4.74 Å². The second-order valence-electron chi connectivity index (χ2n) is 6.17. The molecule has 138 valence electrons. The van der Waals surface area contributed by atoms with Crippen LogP contribution in [0.25, 0.3) is 0 Å². The molecule has 0 atom stereocenters. The molecule has 1 fully saturated rings. The lowest BCUT2D eigenvalue weighted by molar-refractivity contribution is 0.0606. The van der Waals surface area contributed by atoms with Gasteiger partial charge in [-0.25, -0.2) is 9.78 Å². The molecule has 8 heteroatoms. The van der Waals surface area contributed by atoms with Crippen LogP contribution >= 0.6 is 11.3 Å². The number of rotatable bonds is 4. The van der Waals surface area contributed by atoms with Crippen LogP contribution in [-0.2, 0) is 4.74 Å². The van der Waals surface area contributed by atoms with Crippen molar-refractivity contribution in [1.82, 2.24) is 9.88 Å². The normalized spacial score (nSPS) is 14.3. The van der Waals surface area contributed by atoms with Crippen molar-refractivity contribution in [3.05, 3.63) is 41.0 Å². The molecule has 0 bridgehead atoms. The first-order valence-corrected chi connectivity index (χ1v) is 9.17. The predicted molar refractivity (Wildman–Crippen MR) is 102 cm³/mol. The zero-order chi connectivity index (χ0) is 18.7. The fraction of sp³-hybridized carbons (Fsp3) is 0.389. The third kappa shape index (κ3) is 3.65. The number of piperazine rings is 1. The second kappa shape index (κ2) is 7.74. The van der Waals surface area contributed by atoms with Gasteiger partial charge in [-0.1, -0.05) is 0 Å². The summed E-state index contributed by atoms with van der Waals surface area (Å²) in [7, 11) is 5.19. The smallest absolute Gasteiger partial charge is 0.348 e. The van der Waals surface area contributed by atoms with Crippen LogP contribution in [-0.4, -0.2) is 69.1 Å². The van der Waals surface area contributed by atoms with Gasteiger partial charge in [-0.2, -0.15) is 0 Å². The van der Waals surface area contributed by atoms with E-state index in [2.05, 4.69) is 9.88 Å². The number of hydrogen-bond acceptors (Lipinski definition) is 7. The molecular formula is C18H22N4O3S. The SMILES string of the molecule is COC(=O)c1ccc(N2CCN(C(=O)c3ncccc3N(C)C)CC2)s1. The summed E-state index contributed by atoms with van der Waals surface area (Å²) in [6, 6.07) is 7.44. The van der Waals surface area contributed by atoms with Crippen molar-refractivity contribution in [3.8, 4) is 0 Å². The van der Waals surface area contributed by atoms with E-state index in [9.17, 15) is 9.59 Å². The van der Waals surface area contributed by atoms with Crippen molar-refractivity contribution >= 4 is 33.9 Å². The number of thiophene rings is 1. The quantitative estimate of drug-likeness (QED) is 0.762. The van der Waals surface area contributed by atoms with Gasteiger partial charge < -0.3 is 19.4 Å². The number of methoxy groups -OCH3 is 1. The molecule has 2 aromatic heterocycles. The van der Waals surface area contributed by atoms with Gasteiger partial charge in [0, 0.05) is 46.5 Å². The third-order valence-corrected chi connectivity index (χ3v) is 5.45. The predicted octanol–water partition coefficient (Wildman–Crippen LogP) is 1.96. The summed E-state index contributed by atoms with van der Waals surface area (Å²) in [5.74, 6) is -0.364. The lowest BCUT2D eigenvalue weighted by atomic mass is 10.2. The Kier molecular flexibility index (Phi) is 5.41. The number of esters is 1. The van der Waals surface area contributed by atoms with Gasteiger partial charge in [0.1, 0.15) is 4.88 Å². The summed E-state index contributed by atoms with van der Waals surface area (Å²) in [6.07, 6.45) is 1.65. The van der Waals surface area contributed by atoms with Gasteiger partial charge in [0.25, 0.3) is 5.91 Å². The van der Waals surface area contributed by atoms with E-state index in [-0.39, 0.29) is 11.9 Å². The number of anilines is 2. The average molecular weight is 374 g/mol. The van der Waals surface area contributed by atoms with E-state index in [0.29, 0.717) is 23.7 Å². The molecule has 0 saturated carbocycles. The molecule has 3 rings (SSSR count). The summed E-state index contributed by atoms with van der Waals surface area (Å²) in [5.41, 5.74) is 1.30. The number of carbonyl (C=O) groups excluding carboxylic acids is 2. The van der Waals surface area contributed by atoms with Crippen LogP contribution in [0.4, 0.5) is 10.7 Å². The van der Waals surface area contributed by atoms with Crippen molar-refractivity contribution in [1.29, 1.82) is 0 Å². The number of amides is 1. The Balaban J connectivity index is 1.66. The highest BCUT2D eigenvalue weighted by atomic mass is 32.1. The third-order valence-electron chi connectivity index (χ3n) is 4.33. The van der Waals surface area contributed by atoms with Gasteiger partial charge in [0.15, 0.2) is 5.69 Å². The highest BCUT2D eigenvalue weighted by Gasteiger charge is 2.26. The zero-order valence-corrected chi connectivity index (χ0v) is 16.0. The fourth-order valence-corrected chi connectivity index (χ4v) is 3.89. The lowest BCUT2D eigenvalue weighted by Crippen LogP contribution is -2.49. The maximum atomic E-state index is 12.9. The molecule has 0 aromatic carbocycles. The summed E-state index contributed by atoms with van der Waals surface area (Å²) in [4.78, 5) is 35.3. The van der Waals surface area contributed by atoms with E-state index < -0.39 is 0 Å². The van der Waals surface area contributed by atoms with Crippen molar-refractivity contribution in [2.75, 3.05) is 57.2 Å². The van der Waals surface area contributed by atoms with Crippen LogP contribution in [0, 0.1) is 0 Å². The van der Waals surface area contributed by atoms with E-state index in [1.165, 1.54) is 18.4 Å². The number of pyridine rings is 1. The van der Waals surface area contributed by atoms with Crippen molar-refractivity contribution in [2.24, 2.45) is 0 Å². The maximum absolute atomic E-state index is 12.9. The summed E-state index contributed by atoms with van der Waals surface area (Å²) < 4.78 is 4.75. The molecule has 1 aliphatic rings. The first-order valence-electron chi connectivity index (χ1n) is 8.36. The van der Waals surface area contributed by atoms with Crippen LogP contribution in [0.15, 0.2) is 30.5 Å². The number of aromatic nitrogens is 1. The number of nitrogens with zero attached hydrogens (tertiary/aromatic N) is 4. The molecule has 26 heavy (non-hydrogen) atoms. The van der Waals surface area contributed by atoms with Crippen molar-refractivity contribution in [2.45, 2.75) is 0 Å². The first kappa shape index (κ1) is 18.2. The summed E-state index contributed by atoms with van der Waals surface area (Å²) in [6.45, 7) is 2.68. The maximum Gasteiger partial charge on any atom is 0.348 e. The van der Waals surface area contributed by atoms with Crippen LogP contribution < -0.4 is 9.80 Å². The number of ether oxygens (including phenoxy) is 1. The average Bonchev–Trinajstić information content (AvgIpc) is 3.17. The Morgan fingerprint density at radius 2 is 1.88 bits per heavy atom. The minimum Gasteiger partial charge on any atom is -0.465 e. The van der Waals surface area contributed by atoms with Gasteiger partial charge in [0.05, 0.1) is 17.8 Å². The summed E-state index contributed by atoms with van der Waals surface area (Å²) >= 11 is 1.41. The molecule has 1 amide bonds. The largest absolute Gasteiger partial charge is 0.465 e. The highest BCUT2D eigenvalue weighted by molar-refractivity contribution is 7.17. The van der Waals surface area contributed by atoms with Gasteiger partial charge in [0.2, 0.25) is 0 Å². The Hall–Kier alpha value is -2.61. The van der Waals surface area contributed by atoms with E-state index in [1.807, 2.05) is 42.1 Å². The molecule has 7 nitrogen and oxygen atoms in total. The van der Waals surface area contributed by atoms with Crippen LogP contribution in [0.1, 0.15) is 20.2 Å². The Labute approximate surface area is 156 Å². The minimum atomic E-state index is -0.318. The fourth-order valence-electron chi connectivity index (χ4n) is 2.91. The van der Waals surface area contributed by atoms with Crippen LogP contribution in [0.2, 0.25) is 0 Å². The lowest BCUT2D eigenvalue weighted by Gasteiger charge is -2.35. The molecule has 0 radical (unpaired) electrons. The molecule has 0 N–H and O–H groups in total. The van der Waals surface area contributed by atoms with E-state index in [0.717, 1.165) is 23.8 Å². The number of hydrogen-bond donors (Lipinski definition) is 0. The zero-order valence-electron chi connectivity index (χ0n) is 15.1. The molecule has 0 aliphatic carbocycles. The van der Waals surface area contributed by atoms with E-state index in [1.54, 1.807) is 12.3 Å². The monoisotopic (exact) mass is 374 g/mol. The summed E-state index contributed by atoms with van der Waals surface area (Å²) in [5, 5.41) is 1.02. The topological polar surface area (TPSA) is 66.0 Å². The Bertz CT molecular complexity index is 797. The van der Waals surface area contributed by atoms with Crippen molar-refractivity contribution in [3.63, 3.8) is 0 Å². The van der Waals surface area contributed by atoms with Gasteiger partial charge in [-0.05, 0) is 24.3 Å². The Morgan fingerprint density at radius 1 is 1.15 bits per heavy atom. The van der Waals surface area contributed by atoms with Crippen LogP contribution in [0.3, 0.4) is 0 Å². The first-order chi connectivity index (χ1) is 12.5. The molecule has 1 aliphatic heterocycles. The Morgan fingerprint density at radius 3 is 2.54 bits per heavy atom. The molecule has 1 saturated heterocycles. The van der Waals surface area contributed by atoms with Crippen molar-refractivity contribution < 1.29 is 14.3 Å². The molecular weight excluding hydrogens is 352 g/mol. The minimum absolute atomic E-state index is 0.0459. The standard InChI is InChI=1S/C18H22N4O3S/c1-20(2)13-5-4-8-19-16(13)17(23)22-11-9-21(10-12-22)15-7-6-14(26-15)18(24)25-3/h4-8H,9-12H2,1-3H3. The molecule has 2 aromatic rings. The van der Waals surface area contributed by atoms with Crippen LogP contribution in [0.5, 0.6) is 0 Å². The van der Waals surface area contributed by atoms with E-state index >= 15 is 0 Å². The molecule has 3 heterocycles. The van der Waals surface area contributed by atoms with Gasteiger partial charge in [-0.3, -0.25) is 4.79 Å². The van der Waals surface area contributed by atoms with Gasteiger partial charge in [-0.15, -0.1) is 11.3 Å². The molecule has 0 unspecified atom stereocenters.